The van der Waals surface area contributed by atoms with Gasteiger partial charge >= 0.3 is 0 Å². The zero-order valence-electron chi connectivity index (χ0n) is 15.3. The highest BCUT2D eigenvalue weighted by atomic mass is 16.2. The molecule has 0 atom stereocenters. The second-order valence-corrected chi connectivity index (χ2v) is 6.79. The molecule has 0 N–H and O–H groups in total. The van der Waals surface area contributed by atoms with Crippen molar-refractivity contribution in [3.63, 3.8) is 0 Å². The highest BCUT2D eigenvalue weighted by molar-refractivity contribution is 5.78. The van der Waals surface area contributed by atoms with Crippen LogP contribution in [0.15, 0.2) is 42.7 Å². The van der Waals surface area contributed by atoms with E-state index in [0.29, 0.717) is 13.1 Å². The molecule has 0 unspecified atom stereocenters. The molecule has 130 valence electrons. The molecule has 1 heterocycles. The SMILES string of the molecule is CC(C)N(C(=O)CN(C)Cc1cnn(-c2ccccc2)c1)C(C)C. The molecule has 0 saturated carbocycles. The van der Waals surface area contributed by atoms with Crippen LogP contribution in [0, 0.1) is 0 Å². The quantitative estimate of drug-likeness (QED) is 0.785. The summed E-state index contributed by atoms with van der Waals surface area (Å²) < 4.78 is 1.86. The van der Waals surface area contributed by atoms with Gasteiger partial charge in [-0.2, -0.15) is 5.10 Å². The van der Waals surface area contributed by atoms with E-state index in [1.165, 1.54) is 0 Å². The zero-order chi connectivity index (χ0) is 17.7. The van der Waals surface area contributed by atoms with Crippen LogP contribution >= 0.6 is 0 Å². The molecule has 0 aliphatic heterocycles. The predicted octanol–water partition coefficient (Wildman–Crippen LogP) is 2.95. The topological polar surface area (TPSA) is 41.4 Å². The predicted molar refractivity (Wildman–Crippen MR) is 97.0 cm³/mol. The van der Waals surface area contributed by atoms with Crippen molar-refractivity contribution in [2.24, 2.45) is 0 Å². The fourth-order valence-electron chi connectivity index (χ4n) is 3.02. The molecule has 24 heavy (non-hydrogen) atoms. The van der Waals surface area contributed by atoms with Gasteiger partial charge in [-0.05, 0) is 46.9 Å². The maximum atomic E-state index is 12.5. The summed E-state index contributed by atoms with van der Waals surface area (Å²) >= 11 is 0. The first-order chi connectivity index (χ1) is 11.4. The van der Waals surface area contributed by atoms with Crippen molar-refractivity contribution in [3.8, 4) is 5.69 Å². The lowest BCUT2D eigenvalue weighted by atomic mass is 10.2. The maximum Gasteiger partial charge on any atom is 0.237 e. The van der Waals surface area contributed by atoms with E-state index in [-0.39, 0.29) is 18.0 Å². The molecule has 0 saturated heterocycles. The number of carbonyl (C=O) groups excluding carboxylic acids is 1. The van der Waals surface area contributed by atoms with Gasteiger partial charge in [0, 0.05) is 30.4 Å². The number of nitrogens with zero attached hydrogens (tertiary/aromatic N) is 4. The van der Waals surface area contributed by atoms with Crippen molar-refractivity contribution in [3.05, 3.63) is 48.3 Å². The van der Waals surface area contributed by atoms with E-state index < -0.39 is 0 Å². The fraction of sp³-hybridized carbons (Fsp3) is 0.474. The Morgan fingerprint density at radius 2 is 1.75 bits per heavy atom. The van der Waals surface area contributed by atoms with Crippen LogP contribution in [0.5, 0.6) is 0 Å². The lowest BCUT2D eigenvalue weighted by Crippen LogP contribution is -2.46. The molecule has 0 fully saturated rings. The summed E-state index contributed by atoms with van der Waals surface area (Å²) in [6, 6.07) is 10.4. The Balaban J connectivity index is 1.96. The Morgan fingerprint density at radius 3 is 2.33 bits per heavy atom. The highest BCUT2D eigenvalue weighted by Gasteiger charge is 2.21. The largest absolute Gasteiger partial charge is 0.337 e. The average molecular weight is 328 g/mol. The smallest absolute Gasteiger partial charge is 0.237 e. The minimum Gasteiger partial charge on any atom is -0.337 e. The summed E-state index contributed by atoms with van der Waals surface area (Å²) in [7, 11) is 1.97. The van der Waals surface area contributed by atoms with Crippen LogP contribution in [-0.4, -0.2) is 51.2 Å². The van der Waals surface area contributed by atoms with Gasteiger partial charge in [0.05, 0.1) is 18.4 Å². The first-order valence-electron chi connectivity index (χ1n) is 8.47. The first-order valence-corrected chi connectivity index (χ1v) is 8.47. The summed E-state index contributed by atoms with van der Waals surface area (Å²) in [5.74, 6) is 0.165. The van der Waals surface area contributed by atoms with Crippen molar-refractivity contribution >= 4 is 5.91 Å². The van der Waals surface area contributed by atoms with E-state index in [1.807, 2.05) is 64.3 Å². The first kappa shape index (κ1) is 18.2. The number of benzene rings is 1. The van der Waals surface area contributed by atoms with E-state index in [0.717, 1.165) is 11.3 Å². The van der Waals surface area contributed by atoms with Crippen molar-refractivity contribution in [2.45, 2.75) is 46.3 Å². The van der Waals surface area contributed by atoms with Gasteiger partial charge in [-0.1, -0.05) is 18.2 Å². The lowest BCUT2D eigenvalue weighted by Gasteiger charge is -2.32. The monoisotopic (exact) mass is 328 g/mol. The molecule has 1 aromatic heterocycles. The van der Waals surface area contributed by atoms with Gasteiger partial charge in [-0.3, -0.25) is 9.69 Å². The molecule has 0 radical (unpaired) electrons. The third-order valence-corrected chi connectivity index (χ3v) is 3.92. The molecule has 1 amide bonds. The Labute approximate surface area is 144 Å². The second-order valence-electron chi connectivity index (χ2n) is 6.79. The number of rotatable bonds is 7. The Morgan fingerprint density at radius 1 is 1.12 bits per heavy atom. The van der Waals surface area contributed by atoms with Crippen LogP contribution in [0.25, 0.3) is 5.69 Å². The molecular formula is C19H28N4O. The second kappa shape index (κ2) is 8.11. The molecule has 0 aliphatic rings. The molecular weight excluding hydrogens is 300 g/mol. The number of carbonyl (C=O) groups is 1. The van der Waals surface area contributed by atoms with E-state index in [1.54, 1.807) is 0 Å². The van der Waals surface area contributed by atoms with Gasteiger partial charge in [0.2, 0.25) is 5.91 Å². The van der Waals surface area contributed by atoms with Crippen molar-refractivity contribution in [1.82, 2.24) is 19.6 Å². The van der Waals surface area contributed by atoms with E-state index in [4.69, 9.17) is 0 Å². The van der Waals surface area contributed by atoms with Crippen LogP contribution in [-0.2, 0) is 11.3 Å². The normalized spacial score (nSPS) is 11.5. The number of likely N-dealkylation sites (N-methyl/N-ethyl adjacent to an activating group) is 1. The number of amides is 1. The molecule has 2 aromatic rings. The number of aromatic nitrogens is 2. The van der Waals surface area contributed by atoms with Gasteiger partial charge in [-0.15, -0.1) is 0 Å². The average Bonchev–Trinajstić information content (AvgIpc) is 2.95. The summed E-state index contributed by atoms with van der Waals surface area (Å²) in [5, 5.41) is 4.40. The third kappa shape index (κ3) is 4.68. The van der Waals surface area contributed by atoms with Gasteiger partial charge in [-0.25, -0.2) is 4.68 Å². The molecule has 5 heteroatoms. The van der Waals surface area contributed by atoms with Crippen molar-refractivity contribution in [1.29, 1.82) is 0 Å². The Hall–Kier alpha value is -2.14. The molecule has 1 aromatic carbocycles. The minimum absolute atomic E-state index is 0.165. The number of para-hydroxylation sites is 1. The molecule has 5 nitrogen and oxygen atoms in total. The molecule has 0 spiro atoms. The maximum absolute atomic E-state index is 12.5. The van der Waals surface area contributed by atoms with Gasteiger partial charge < -0.3 is 4.90 Å². The van der Waals surface area contributed by atoms with Crippen LogP contribution in [0.4, 0.5) is 0 Å². The molecule has 2 rings (SSSR count). The van der Waals surface area contributed by atoms with Gasteiger partial charge in [0.25, 0.3) is 0 Å². The van der Waals surface area contributed by atoms with Crippen molar-refractivity contribution < 1.29 is 4.79 Å². The van der Waals surface area contributed by atoms with Crippen LogP contribution in [0.2, 0.25) is 0 Å². The molecule has 0 aliphatic carbocycles. The summed E-state index contributed by atoms with van der Waals surface area (Å²) in [4.78, 5) is 16.5. The summed E-state index contributed by atoms with van der Waals surface area (Å²) in [5.41, 5.74) is 2.13. The number of hydrogen-bond donors (Lipinski definition) is 0. The van der Waals surface area contributed by atoms with Crippen LogP contribution < -0.4 is 0 Å². The highest BCUT2D eigenvalue weighted by Crippen LogP contribution is 2.10. The summed E-state index contributed by atoms with van der Waals surface area (Å²) in [6.45, 7) is 9.34. The molecule has 0 bridgehead atoms. The fourth-order valence-corrected chi connectivity index (χ4v) is 3.02. The lowest BCUT2D eigenvalue weighted by molar-refractivity contribution is -0.135. The number of hydrogen-bond acceptors (Lipinski definition) is 3. The standard InChI is InChI=1S/C19H28N4O/c1-15(2)23(16(3)4)19(24)14-21(5)12-17-11-20-22(13-17)18-9-7-6-8-10-18/h6-11,13,15-16H,12,14H2,1-5H3. The minimum atomic E-state index is 0.165. The Bertz CT molecular complexity index is 640. The van der Waals surface area contributed by atoms with E-state index in [2.05, 4.69) is 32.8 Å². The van der Waals surface area contributed by atoms with Crippen LogP contribution in [0.3, 0.4) is 0 Å². The Kier molecular flexibility index (Phi) is 6.15. The van der Waals surface area contributed by atoms with Crippen LogP contribution in [0.1, 0.15) is 33.3 Å². The van der Waals surface area contributed by atoms with Crippen molar-refractivity contribution in [2.75, 3.05) is 13.6 Å². The van der Waals surface area contributed by atoms with E-state index in [9.17, 15) is 4.79 Å². The van der Waals surface area contributed by atoms with Gasteiger partial charge in [0.1, 0.15) is 0 Å². The summed E-state index contributed by atoms with van der Waals surface area (Å²) in [6.07, 6.45) is 3.87. The third-order valence-electron chi connectivity index (χ3n) is 3.92. The zero-order valence-corrected chi connectivity index (χ0v) is 15.3. The van der Waals surface area contributed by atoms with Gasteiger partial charge in [0.15, 0.2) is 0 Å². The van der Waals surface area contributed by atoms with E-state index >= 15 is 0 Å².